The van der Waals surface area contributed by atoms with Gasteiger partial charge in [-0.25, -0.2) is 0 Å². The average molecular weight is 272 g/mol. The molecule has 0 spiro atoms. The standard InChI is InChI=1S/C11H14ClN3OS/c1-15(2)10(16)6-14-7-3-4-8(11(13)17)9(12)5-7/h3-5,14H,6H2,1-2H3,(H2,13,17). The zero-order valence-corrected chi connectivity index (χ0v) is 11.2. The lowest BCUT2D eigenvalue weighted by molar-refractivity contribution is -0.126. The molecule has 1 amide bonds. The van der Waals surface area contributed by atoms with Crippen molar-refractivity contribution in [2.45, 2.75) is 0 Å². The average Bonchev–Trinajstić information content (AvgIpc) is 2.25. The summed E-state index contributed by atoms with van der Waals surface area (Å²) in [6.07, 6.45) is 0. The molecule has 1 aromatic carbocycles. The second-order valence-electron chi connectivity index (χ2n) is 3.70. The molecule has 0 saturated carbocycles. The first-order valence-corrected chi connectivity index (χ1v) is 5.74. The molecule has 0 aromatic heterocycles. The number of halogens is 1. The molecule has 1 rings (SSSR count). The Morgan fingerprint density at radius 2 is 2.18 bits per heavy atom. The number of anilines is 1. The van der Waals surface area contributed by atoms with E-state index in [-0.39, 0.29) is 17.4 Å². The molecule has 0 saturated heterocycles. The van der Waals surface area contributed by atoms with Crippen molar-refractivity contribution in [2.75, 3.05) is 26.0 Å². The van der Waals surface area contributed by atoms with Gasteiger partial charge in [0.15, 0.2) is 0 Å². The van der Waals surface area contributed by atoms with Crippen LogP contribution >= 0.6 is 23.8 Å². The molecule has 0 radical (unpaired) electrons. The van der Waals surface area contributed by atoms with Gasteiger partial charge in [-0.2, -0.15) is 0 Å². The van der Waals surface area contributed by atoms with Crippen molar-refractivity contribution < 1.29 is 4.79 Å². The van der Waals surface area contributed by atoms with E-state index in [1.807, 2.05) is 0 Å². The lowest BCUT2D eigenvalue weighted by Crippen LogP contribution is -2.28. The number of carbonyl (C=O) groups is 1. The van der Waals surface area contributed by atoms with Crippen LogP contribution in [0.3, 0.4) is 0 Å². The van der Waals surface area contributed by atoms with Crippen molar-refractivity contribution >= 4 is 40.4 Å². The third kappa shape index (κ3) is 3.87. The Bertz CT molecular complexity index is 448. The minimum Gasteiger partial charge on any atom is -0.389 e. The predicted molar refractivity (Wildman–Crippen MR) is 74.5 cm³/mol. The molecule has 3 N–H and O–H groups in total. The van der Waals surface area contributed by atoms with E-state index in [4.69, 9.17) is 29.6 Å². The summed E-state index contributed by atoms with van der Waals surface area (Å²) >= 11 is 10.8. The number of likely N-dealkylation sites (N-methyl/N-ethyl adjacent to an activating group) is 1. The number of nitrogens with two attached hydrogens (primary N) is 1. The molecule has 0 aliphatic carbocycles. The molecule has 0 bridgehead atoms. The van der Waals surface area contributed by atoms with Crippen LogP contribution in [0.15, 0.2) is 18.2 Å². The van der Waals surface area contributed by atoms with Gasteiger partial charge in [-0.15, -0.1) is 0 Å². The number of amides is 1. The molecular weight excluding hydrogens is 258 g/mol. The minimum atomic E-state index is -0.0143. The van der Waals surface area contributed by atoms with Crippen LogP contribution in [0, 0.1) is 0 Å². The van der Waals surface area contributed by atoms with Gasteiger partial charge in [0.05, 0.1) is 11.6 Å². The summed E-state index contributed by atoms with van der Waals surface area (Å²) in [7, 11) is 3.40. The topological polar surface area (TPSA) is 58.4 Å². The van der Waals surface area contributed by atoms with E-state index in [9.17, 15) is 4.79 Å². The first-order chi connectivity index (χ1) is 7.91. The Balaban J connectivity index is 2.71. The maximum atomic E-state index is 11.4. The summed E-state index contributed by atoms with van der Waals surface area (Å²) in [6.45, 7) is 0.218. The Morgan fingerprint density at radius 1 is 1.53 bits per heavy atom. The molecule has 6 heteroatoms. The van der Waals surface area contributed by atoms with Crippen molar-refractivity contribution in [2.24, 2.45) is 5.73 Å². The molecule has 17 heavy (non-hydrogen) atoms. The van der Waals surface area contributed by atoms with Gasteiger partial charge in [0.1, 0.15) is 4.99 Å². The van der Waals surface area contributed by atoms with Crippen LogP contribution in [0.2, 0.25) is 5.02 Å². The fraction of sp³-hybridized carbons (Fsp3) is 0.273. The SMILES string of the molecule is CN(C)C(=O)CNc1ccc(C(N)=S)c(Cl)c1. The monoisotopic (exact) mass is 271 g/mol. The third-order valence-electron chi connectivity index (χ3n) is 2.18. The molecule has 1 aromatic rings. The van der Waals surface area contributed by atoms with Crippen molar-refractivity contribution in [1.29, 1.82) is 0 Å². The largest absolute Gasteiger partial charge is 0.389 e. The number of rotatable bonds is 4. The van der Waals surface area contributed by atoms with E-state index in [0.717, 1.165) is 5.69 Å². The first kappa shape index (κ1) is 13.7. The van der Waals surface area contributed by atoms with Crippen LogP contribution in [-0.4, -0.2) is 36.4 Å². The minimum absolute atomic E-state index is 0.0143. The van der Waals surface area contributed by atoms with Crippen molar-refractivity contribution in [3.05, 3.63) is 28.8 Å². The fourth-order valence-corrected chi connectivity index (χ4v) is 1.68. The van der Waals surface area contributed by atoms with E-state index in [1.54, 1.807) is 32.3 Å². The Labute approximate surface area is 111 Å². The Kier molecular flexibility index (Phi) is 4.72. The summed E-state index contributed by atoms with van der Waals surface area (Å²) in [5, 5.41) is 3.45. The van der Waals surface area contributed by atoms with E-state index < -0.39 is 0 Å². The summed E-state index contributed by atoms with van der Waals surface area (Å²) < 4.78 is 0. The second-order valence-corrected chi connectivity index (χ2v) is 4.55. The Hall–Kier alpha value is -1.33. The number of nitrogens with one attached hydrogen (secondary N) is 1. The first-order valence-electron chi connectivity index (χ1n) is 4.95. The van der Waals surface area contributed by atoms with E-state index >= 15 is 0 Å². The lowest BCUT2D eigenvalue weighted by atomic mass is 10.2. The highest BCUT2D eigenvalue weighted by Gasteiger charge is 2.06. The second kappa shape index (κ2) is 5.84. The summed E-state index contributed by atoms with van der Waals surface area (Å²) in [6, 6.07) is 5.20. The highest BCUT2D eigenvalue weighted by molar-refractivity contribution is 7.80. The van der Waals surface area contributed by atoms with Crippen LogP contribution in [0.25, 0.3) is 0 Å². The number of carbonyl (C=O) groups excluding carboxylic acids is 1. The van der Waals surface area contributed by atoms with Gasteiger partial charge < -0.3 is 16.0 Å². The number of nitrogens with zero attached hydrogens (tertiary/aromatic N) is 1. The van der Waals surface area contributed by atoms with Crippen LogP contribution in [0.5, 0.6) is 0 Å². The highest BCUT2D eigenvalue weighted by Crippen LogP contribution is 2.20. The van der Waals surface area contributed by atoms with Gasteiger partial charge in [-0.3, -0.25) is 4.79 Å². The van der Waals surface area contributed by atoms with Crippen molar-refractivity contribution in [1.82, 2.24) is 4.90 Å². The van der Waals surface area contributed by atoms with Gasteiger partial charge in [0, 0.05) is 25.3 Å². The molecule has 0 heterocycles. The van der Waals surface area contributed by atoms with E-state index in [0.29, 0.717) is 10.6 Å². The predicted octanol–water partition coefficient (Wildman–Crippen LogP) is 1.47. The molecule has 0 fully saturated rings. The molecule has 0 unspecified atom stereocenters. The fourth-order valence-electron chi connectivity index (χ4n) is 1.16. The maximum absolute atomic E-state index is 11.4. The Morgan fingerprint density at radius 3 is 2.65 bits per heavy atom. The molecule has 92 valence electrons. The van der Waals surface area contributed by atoms with Crippen molar-refractivity contribution in [3.63, 3.8) is 0 Å². The van der Waals surface area contributed by atoms with Crippen LogP contribution in [-0.2, 0) is 4.79 Å². The third-order valence-corrected chi connectivity index (χ3v) is 2.71. The summed E-state index contributed by atoms with van der Waals surface area (Å²) in [5.74, 6) is -0.0143. The van der Waals surface area contributed by atoms with Gasteiger partial charge in [-0.1, -0.05) is 23.8 Å². The number of benzene rings is 1. The van der Waals surface area contributed by atoms with Gasteiger partial charge in [-0.05, 0) is 18.2 Å². The van der Waals surface area contributed by atoms with Gasteiger partial charge in [0.25, 0.3) is 0 Å². The van der Waals surface area contributed by atoms with Gasteiger partial charge >= 0.3 is 0 Å². The molecule has 0 aliphatic heterocycles. The quantitative estimate of drug-likeness (QED) is 0.815. The van der Waals surface area contributed by atoms with Crippen LogP contribution in [0.1, 0.15) is 5.56 Å². The van der Waals surface area contributed by atoms with Crippen LogP contribution < -0.4 is 11.1 Å². The van der Waals surface area contributed by atoms with Crippen LogP contribution in [0.4, 0.5) is 5.69 Å². The molecule has 0 aliphatic rings. The van der Waals surface area contributed by atoms with Crippen molar-refractivity contribution in [3.8, 4) is 0 Å². The smallest absolute Gasteiger partial charge is 0.241 e. The zero-order valence-electron chi connectivity index (χ0n) is 9.66. The number of thiocarbonyl (C=S) groups is 1. The van der Waals surface area contributed by atoms with Gasteiger partial charge in [0.2, 0.25) is 5.91 Å². The zero-order chi connectivity index (χ0) is 13.0. The molecule has 4 nitrogen and oxygen atoms in total. The normalized spacial score (nSPS) is 9.82. The molecule has 0 atom stereocenters. The summed E-state index contributed by atoms with van der Waals surface area (Å²) in [5.41, 5.74) is 6.88. The van der Waals surface area contributed by atoms with E-state index in [1.165, 1.54) is 4.90 Å². The summed E-state index contributed by atoms with van der Waals surface area (Å²) in [4.78, 5) is 13.1. The lowest BCUT2D eigenvalue weighted by Gasteiger charge is -2.12. The highest BCUT2D eigenvalue weighted by atomic mass is 35.5. The maximum Gasteiger partial charge on any atom is 0.241 e. The van der Waals surface area contributed by atoms with E-state index in [2.05, 4.69) is 5.32 Å². The number of hydrogen-bond acceptors (Lipinski definition) is 3. The number of hydrogen-bond donors (Lipinski definition) is 2. The molecular formula is C11H14ClN3OS.